The summed E-state index contributed by atoms with van der Waals surface area (Å²) in [5.41, 5.74) is 0.977. The lowest BCUT2D eigenvalue weighted by molar-refractivity contribution is -0.143. The van der Waals surface area contributed by atoms with Crippen molar-refractivity contribution in [2.24, 2.45) is 5.92 Å². The van der Waals surface area contributed by atoms with Crippen LogP contribution in [0, 0.1) is 5.92 Å². The van der Waals surface area contributed by atoms with Gasteiger partial charge < -0.3 is 20.1 Å². The zero-order valence-corrected chi connectivity index (χ0v) is 14.9. The van der Waals surface area contributed by atoms with Crippen LogP contribution in [-0.4, -0.2) is 62.3 Å². The van der Waals surface area contributed by atoms with Crippen molar-refractivity contribution >= 4 is 18.0 Å². The van der Waals surface area contributed by atoms with Crippen molar-refractivity contribution in [1.82, 2.24) is 15.5 Å². The zero-order chi connectivity index (χ0) is 18.2. The molecule has 0 aromatic heterocycles. The first-order valence-corrected chi connectivity index (χ1v) is 8.85. The molecule has 2 N–H and O–H groups in total. The van der Waals surface area contributed by atoms with E-state index in [-0.39, 0.29) is 31.6 Å². The van der Waals surface area contributed by atoms with E-state index < -0.39 is 5.97 Å². The average molecular weight is 353 g/mol. The van der Waals surface area contributed by atoms with Gasteiger partial charge >= 0.3 is 18.0 Å². The molecule has 8 nitrogen and oxygen atoms in total. The number of hydrogen-bond donors (Lipinski definition) is 2. The molecule has 2 rings (SSSR count). The smallest absolute Gasteiger partial charge is 0.337 e. The van der Waals surface area contributed by atoms with E-state index in [4.69, 9.17) is 9.47 Å². The monoisotopic (exact) mass is 353 g/mol. The first-order chi connectivity index (χ1) is 12.0. The van der Waals surface area contributed by atoms with Crippen LogP contribution in [0.25, 0.3) is 0 Å². The Labute approximate surface area is 147 Å². The molecular formula is C17H27N3O5. The predicted octanol–water partition coefficient (Wildman–Crippen LogP) is 0.782. The van der Waals surface area contributed by atoms with Crippen molar-refractivity contribution in [3.05, 3.63) is 11.3 Å². The van der Waals surface area contributed by atoms with Gasteiger partial charge in [-0.05, 0) is 32.6 Å². The minimum atomic E-state index is -0.429. The molecular weight excluding hydrogens is 326 g/mol. The van der Waals surface area contributed by atoms with Gasteiger partial charge in [0.1, 0.15) is 0 Å². The van der Waals surface area contributed by atoms with Gasteiger partial charge in [-0.25, -0.2) is 9.59 Å². The van der Waals surface area contributed by atoms with Crippen molar-refractivity contribution < 1.29 is 23.9 Å². The zero-order valence-electron chi connectivity index (χ0n) is 14.9. The number of carbonyl (C=O) groups is 3. The minimum absolute atomic E-state index is 0.148. The number of rotatable bonds is 10. The fraction of sp³-hybridized carbons (Fsp3) is 0.706. The molecule has 0 aromatic rings. The summed E-state index contributed by atoms with van der Waals surface area (Å²) < 4.78 is 10.1. The minimum Gasteiger partial charge on any atom is -0.466 e. The standard InChI is InChI=1S/C17H27N3O5/c1-3-24-15(21)7-8-20(10-12-5-6-12)11-14-13(16(22)25-4-2)9-18-17(23)19-14/h12H,3-11H2,1-2H3,(H2,18,19,23). The number of hydrogen-bond acceptors (Lipinski definition) is 6. The normalized spacial score (nSPS) is 17.2. The Morgan fingerprint density at radius 1 is 1.20 bits per heavy atom. The van der Waals surface area contributed by atoms with E-state index in [9.17, 15) is 14.4 Å². The molecule has 8 heteroatoms. The lowest BCUT2D eigenvalue weighted by Crippen LogP contribution is -2.47. The van der Waals surface area contributed by atoms with Crippen LogP contribution < -0.4 is 10.6 Å². The van der Waals surface area contributed by atoms with Crippen LogP contribution in [0.4, 0.5) is 4.79 Å². The maximum absolute atomic E-state index is 12.1. The molecule has 0 radical (unpaired) electrons. The highest BCUT2D eigenvalue weighted by Gasteiger charge is 2.28. The maximum Gasteiger partial charge on any atom is 0.337 e. The van der Waals surface area contributed by atoms with E-state index in [1.807, 2.05) is 0 Å². The van der Waals surface area contributed by atoms with Gasteiger partial charge in [0.15, 0.2) is 0 Å². The highest BCUT2D eigenvalue weighted by Crippen LogP contribution is 2.30. The summed E-state index contributed by atoms with van der Waals surface area (Å²) in [5.74, 6) is -0.0507. The van der Waals surface area contributed by atoms with Crippen molar-refractivity contribution in [1.29, 1.82) is 0 Å². The molecule has 0 atom stereocenters. The summed E-state index contributed by atoms with van der Waals surface area (Å²) in [4.78, 5) is 37.5. The Bertz CT molecular complexity index is 542. The number of nitrogens with zero attached hydrogens (tertiary/aromatic N) is 1. The number of amides is 2. The molecule has 1 saturated carbocycles. The molecule has 25 heavy (non-hydrogen) atoms. The summed E-state index contributed by atoms with van der Waals surface area (Å²) in [5, 5.41) is 5.31. The van der Waals surface area contributed by atoms with Gasteiger partial charge in [-0.3, -0.25) is 9.69 Å². The topological polar surface area (TPSA) is 97.0 Å². The predicted molar refractivity (Wildman–Crippen MR) is 90.6 cm³/mol. The van der Waals surface area contributed by atoms with Crippen molar-refractivity contribution in [3.63, 3.8) is 0 Å². The van der Waals surface area contributed by atoms with Crippen LogP contribution in [0.2, 0.25) is 0 Å². The molecule has 0 spiro atoms. The highest BCUT2D eigenvalue weighted by atomic mass is 16.5. The Morgan fingerprint density at radius 3 is 2.56 bits per heavy atom. The van der Waals surface area contributed by atoms with Crippen LogP contribution in [0.3, 0.4) is 0 Å². The second-order valence-electron chi connectivity index (χ2n) is 6.22. The molecule has 0 unspecified atom stereocenters. The number of esters is 2. The molecule has 1 aliphatic carbocycles. The second kappa shape index (κ2) is 9.41. The largest absolute Gasteiger partial charge is 0.466 e. The second-order valence-corrected chi connectivity index (χ2v) is 6.22. The molecule has 0 aromatic carbocycles. The third-order valence-corrected chi connectivity index (χ3v) is 4.11. The fourth-order valence-corrected chi connectivity index (χ4v) is 2.69. The van der Waals surface area contributed by atoms with E-state index >= 15 is 0 Å². The summed E-state index contributed by atoms with van der Waals surface area (Å²) in [7, 11) is 0. The first-order valence-electron chi connectivity index (χ1n) is 8.85. The van der Waals surface area contributed by atoms with Crippen LogP contribution in [0.1, 0.15) is 33.1 Å². The molecule has 2 amide bonds. The Morgan fingerprint density at radius 2 is 1.92 bits per heavy atom. The molecule has 0 bridgehead atoms. The molecule has 2 aliphatic rings. The number of urea groups is 1. The number of nitrogens with one attached hydrogen (secondary N) is 2. The summed E-state index contributed by atoms with van der Waals surface area (Å²) in [6, 6.07) is -0.334. The van der Waals surface area contributed by atoms with E-state index in [0.717, 1.165) is 6.54 Å². The third-order valence-electron chi connectivity index (χ3n) is 4.11. The molecule has 1 fully saturated rings. The van der Waals surface area contributed by atoms with Crippen molar-refractivity contribution in [3.8, 4) is 0 Å². The first kappa shape index (κ1) is 19.2. The van der Waals surface area contributed by atoms with Gasteiger partial charge in [-0.1, -0.05) is 0 Å². The van der Waals surface area contributed by atoms with Gasteiger partial charge in [0, 0.05) is 25.3 Å². The van der Waals surface area contributed by atoms with E-state index in [0.29, 0.717) is 36.9 Å². The summed E-state index contributed by atoms with van der Waals surface area (Å²) >= 11 is 0. The lowest BCUT2D eigenvalue weighted by atomic mass is 10.1. The third kappa shape index (κ3) is 6.38. The maximum atomic E-state index is 12.1. The van der Waals surface area contributed by atoms with Crippen molar-refractivity contribution in [2.45, 2.75) is 33.1 Å². The Hall–Kier alpha value is -2.09. The van der Waals surface area contributed by atoms with Crippen molar-refractivity contribution in [2.75, 3.05) is 39.4 Å². The molecule has 1 aliphatic heterocycles. The van der Waals surface area contributed by atoms with Gasteiger partial charge in [0.25, 0.3) is 0 Å². The van der Waals surface area contributed by atoms with Gasteiger partial charge in [-0.2, -0.15) is 0 Å². The average Bonchev–Trinajstić information content (AvgIpc) is 3.37. The Balaban J connectivity index is 2.05. The number of ether oxygens (including phenoxy) is 2. The van der Waals surface area contributed by atoms with Crippen LogP contribution in [0.15, 0.2) is 11.3 Å². The quantitative estimate of drug-likeness (QED) is 0.564. The molecule has 0 saturated heterocycles. The molecule has 140 valence electrons. The lowest BCUT2D eigenvalue weighted by Gasteiger charge is -2.27. The van der Waals surface area contributed by atoms with Crippen LogP contribution in [-0.2, 0) is 19.1 Å². The van der Waals surface area contributed by atoms with E-state index in [2.05, 4.69) is 15.5 Å². The highest BCUT2D eigenvalue weighted by molar-refractivity contribution is 5.93. The van der Waals surface area contributed by atoms with E-state index in [1.54, 1.807) is 13.8 Å². The van der Waals surface area contributed by atoms with Crippen LogP contribution >= 0.6 is 0 Å². The SMILES string of the molecule is CCOC(=O)CCN(CC1=C(C(=O)OCC)CNC(=O)N1)CC1CC1. The fourth-order valence-electron chi connectivity index (χ4n) is 2.69. The van der Waals surface area contributed by atoms with Gasteiger partial charge in [0.05, 0.1) is 31.8 Å². The summed E-state index contributed by atoms with van der Waals surface area (Å²) in [6.07, 6.45) is 2.63. The number of carbonyl (C=O) groups excluding carboxylic acids is 3. The van der Waals surface area contributed by atoms with Gasteiger partial charge in [-0.15, -0.1) is 0 Å². The van der Waals surface area contributed by atoms with E-state index in [1.165, 1.54) is 12.8 Å². The van der Waals surface area contributed by atoms with Crippen LogP contribution in [0.5, 0.6) is 0 Å². The Kier molecular flexibility index (Phi) is 7.24. The summed E-state index contributed by atoms with van der Waals surface area (Å²) in [6.45, 7) is 6.07. The molecule has 1 heterocycles. The van der Waals surface area contributed by atoms with Gasteiger partial charge in [0.2, 0.25) is 0 Å².